The number of carbonyl (C=O) groups excluding carboxylic acids is 4. The first kappa shape index (κ1) is 19.9. The van der Waals surface area contributed by atoms with Gasteiger partial charge in [-0.25, -0.2) is 9.59 Å². The Morgan fingerprint density at radius 3 is 2.64 bits per heavy atom. The van der Waals surface area contributed by atoms with Crippen LogP contribution < -0.4 is 0 Å². The minimum atomic E-state index is -1.62. The first-order valence-corrected chi connectivity index (χ1v) is 9.06. The molecule has 0 amide bonds. The lowest BCUT2D eigenvalue weighted by Gasteiger charge is -2.36. The minimum Gasteiger partial charge on any atom is -0.458 e. The second-order valence-corrected chi connectivity index (χ2v) is 7.47. The van der Waals surface area contributed by atoms with Crippen LogP contribution in [0, 0.1) is 11.8 Å². The monoisotopic (exact) mass is 389 g/mol. The number of ether oxygens (including phenoxy) is 3. The van der Waals surface area contributed by atoms with Crippen LogP contribution in [-0.4, -0.2) is 34.0 Å². The third kappa shape index (κ3) is 3.12. The summed E-state index contributed by atoms with van der Waals surface area (Å²) in [6.07, 6.45) is 0.812. The molecule has 0 radical (unpaired) electrons. The molecule has 8 heteroatoms. The Hall–Kier alpha value is -2.90. The highest BCUT2D eigenvalue weighted by Crippen LogP contribution is 2.38. The summed E-state index contributed by atoms with van der Waals surface area (Å²) in [5.41, 5.74) is -0.465. The maximum absolute atomic E-state index is 12.9. The fraction of sp³-hybridized carbons (Fsp3) is 0.500. The fourth-order valence-corrected chi connectivity index (χ4v) is 3.71. The van der Waals surface area contributed by atoms with Crippen molar-refractivity contribution in [1.82, 2.24) is 4.57 Å². The molecule has 0 fully saturated rings. The van der Waals surface area contributed by atoms with Crippen LogP contribution in [-0.2, 0) is 35.2 Å². The molecule has 8 nitrogen and oxygen atoms in total. The number of carbonyl (C=O) groups is 4. The van der Waals surface area contributed by atoms with E-state index in [-0.39, 0.29) is 24.5 Å². The Bertz CT molecular complexity index is 883. The molecule has 4 unspecified atom stereocenters. The highest BCUT2D eigenvalue weighted by Gasteiger charge is 2.48. The zero-order chi connectivity index (χ0) is 20.8. The number of hydrogen-bond acceptors (Lipinski definition) is 7. The van der Waals surface area contributed by atoms with Crippen molar-refractivity contribution < 1.29 is 33.4 Å². The van der Waals surface area contributed by atoms with Gasteiger partial charge in [0.1, 0.15) is 6.61 Å². The van der Waals surface area contributed by atoms with E-state index >= 15 is 0 Å². The molecule has 2 aliphatic rings. The minimum absolute atomic E-state index is 0.0191. The van der Waals surface area contributed by atoms with E-state index in [0.717, 1.165) is 0 Å². The lowest BCUT2D eigenvalue weighted by atomic mass is 9.77. The standard InChI is InChI=1S/C20H23NO7/c1-10-11(2)18(24)27-15-8-16(23)21-7-6-14(17(15)21)9-26-19(25)20(5,12(10)3)28-13(4)22/h6-7,10,12,15H,2,8-9H2,1,3-5H3. The Balaban J connectivity index is 2.05. The van der Waals surface area contributed by atoms with Crippen LogP contribution in [0.15, 0.2) is 24.4 Å². The molecule has 0 aliphatic carbocycles. The second-order valence-electron chi connectivity index (χ2n) is 7.47. The van der Waals surface area contributed by atoms with Gasteiger partial charge >= 0.3 is 17.9 Å². The van der Waals surface area contributed by atoms with Crippen LogP contribution in [0.1, 0.15) is 56.3 Å². The van der Waals surface area contributed by atoms with Gasteiger partial charge in [0.2, 0.25) is 11.5 Å². The lowest BCUT2D eigenvalue weighted by Crippen LogP contribution is -2.49. The molecule has 4 atom stereocenters. The molecule has 0 N–H and O–H groups in total. The molecular formula is C20H23NO7. The van der Waals surface area contributed by atoms with Gasteiger partial charge in [0, 0.05) is 30.2 Å². The Morgan fingerprint density at radius 1 is 1.32 bits per heavy atom. The van der Waals surface area contributed by atoms with Crippen molar-refractivity contribution in [2.45, 2.75) is 52.4 Å². The molecule has 2 aliphatic heterocycles. The Kier molecular flexibility index (Phi) is 4.91. The van der Waals surface area contributed by atoms with Crippen molar-refractivity contribution in [2.75, 3.05) is 0 Å². The molecule has 0 saturated carbocycles. The number of cyclic esters (lactones) is 1. The molecule has 28 heavy (non-hydrogen) atoms. The van der Waals surface area contributed by atoms with Gasteiger partial charge in [-0.2, -0.15) is 0 Å². The van der Waals surface area contributed by atoms with E-state index in [1.54, 1.807) is 26.1 Å². The third-order valence-electron chi connectivity index (χ3n) is 5.75. The molecule has 0 saturated heterocycles. The molecular weight excluding hydrogens is 366 g/mol. The highest BCUT2D eigenvalue weighted by atomic mass is 16.6. The van der Waals surface area contributed by atoms with Crippen LogP contribution in [0.2, 0.25) is 0 Å². The van der Waals surface area contributed by atoms with Gasteiger partial charge in [0.25, 0.3) is 0 Å². The van der Waals surface area contributed by atoms with Crippen LogP contribution in [0.4, 0.5) is 0 Å². The predicted octanol–water partition coefficient (Wildman–Crippen LogP) is 2.32. The predicted molar refractivity (Wildman–Crippen MR) is 95.9 cm³/mol. The Morgan fingerprint density at radius 2 is 2.00 bits per heavy atom. The van der Waals surface area contributed by atoms with Crippen molar-refractivity contribution in [3.63, 3.8) is 0 Å². The van der Waals surface area contributed by atoms with Gasteiger partial charge in [0.05, 0.1) is 12.1 Å². The lowest BCUT2D eigenvalue weighted by molar-refractivity contribution is -0.188. The van der Waals surface area contributed by atoms with Gasteiger partial charge < -0.3 is 14.2 Å². The smallest absolute Gasteiger partial charge is 0.350 e. The zero-order valence-electron chi connectivity index (χ0n) is 16.3. The van der Waals surface area contributed by atoms with Crippen molar-refractivity contribution >= 4 is 23.8 Å². The van der Waals surface area contributed by atoms with Crippen molar-refractivity contribution in [1.29, 1.82) is 0 Å². The second kappa shape index (κ2) is 6.92. The summed E-state index contributed by atoms with van der Waals surface area (Å²) in [6.45, 7) is 9.71. The van der Waals surface area contributed by atoms with E-state index in [2.05, 4.69) is 6.58 Å². The summed E-state index contributed by atoms with van der Waals surface area (Å²) in [7, 11) is 0. The largest absolute Gasteiger partial charge is 0.458 e. The summed E-state index contributed by atoms with van der Waals surface area (Å²) < 4.78 is 17.7. The number of nitrogens with zero attached hydrogens (tertiary/aromatic N) is 1. The zero-order valence-corrected chi connectivity index (χ0v) is 16.3. The third-order valence-corrected chi connectivity index (χ3v) is 5.75. The summed E-state index contributed by atoms with van der Waals surface area (Å²) in [4.78, 5) is 49.4. The van der Waals surface area contributed by atoms with Crippen LogP contribution >= 0.6 is 0 Å². The summed E-state index contributed by atoms with van der Waals surface area (Å²) >= 11 is 0. The van der Waals surface area contributed by atoms with E-state index in [9.17, 15) is 19.2 Å². The topological polar surface area (TPSA) is 101 Å². The molecule has 1 aromatic heterocycles. The normalized spacial score (nSPS) is 30.6. The number of rotatable bonds is 1. The summed E-state index contributed by atoms with van der Waals surface area (Å²) in [5, 5.41) is 0. The molecule has 150 valence electrons. The van der Waals surface area contributed by atoms with Crippen LogP contribution in [0.3, 0.4) is 0 Å². The molecule has 0 spiro atoms. The average Bonchev–Trinajstić information content (AvgIpc) is 3.18. The molecule has 0 bridgehead atoms. The maximum atomic E-state index is 12.9. The summed E-state index contributed by atoms with van der Waals surface area (Å²) in [5.74, 6) is -3.41. The van der Waals surface area contributed by atoms with E-state index in [1.807, 2.05) is 0 Å². The fourth-order valence-electron chi connectivity index (χ4n) is 3.71. The van der Waals surface area contributed by atoms with E-state index in [0.29, 0.717) is 11.3 Å². The van der Waals surface area contributed by atoms with Crippen LogP contribution in [0.25, 0.3) is 0 Å². The average molecular weight is 389 g/mol. The van der Waals surface area contributed by atoms with Crippen molar-refractivity contribution in [3.05, 3.63) is 35.7 Å². The van der Waals surface area contributed by atoms with Gasteiger partial charge in [-0.3, -0.25) is 14.2 Å². The van der Waals surface area contributed by atoms with Gasteiger partial charge in [-0.15, -0.1) is 0 Å². The molecule has 3 heterocycles. The van der Waals surface area contributed by atoms with Crippen molar-refractivity contribution in [3.8, 4) is 0 Å². The van der Waals surface area contributed by atoms with E-state index in [4.69, 9.17) is 14.2 Å². The molecule has 1 aromatic rings. The summed E-state index contributed by atoms with van der Waals surface area (Å²) in [6, 6.07) is 1.64. The highest BCUT2D eigenvalue weighted by molar-refractivity contribution is 5.91. The van der Waals surface area contributed by atoms with Gasteiger partial charge in [-0.05, 0) is 18.9 Å². The van der Waals surface area contributed by atoms with Crippen LogP contribution in [0.5, 0.6) is 0 Å². The SMILES string of the molecule is C=C1C(=O)OC2CC(=O)n3ccc(c32)COC(=O)C(C)(OC(C)=O)C(C)C1C. The quantitative estimate of drug-likeness (QED) is 0.413. The van der Waals surface area contributed by atoms with Gasteiger partial charge in [-0.1, -0.05) is 20.4 Å². The van der Waals surface area contributed by atoms with E-state index in [1.165, 1.54) is 18.4 Å². The maximum Gasteiger partial charge on any atom is 0.350 e. The van der Waals surface area contributed by atoms with Gasteiger partial charge in [0.15, 0.2) is 6.10 Å². The number of hydrogen-bond donors (Lipinski definition) is 0. The number of esters is 3. The van der Waals surface area contributed by atoms with Crippen molar-refractivity contribution in [2.24, 2.45) is 11.8 Å². The first-order chi connectivity index (χ1) is 13.1. The first-order valence-electron chi connectivity index (χ1n) is 9.06. The molecule has 3 rings (SSSR count). The molecule has 0 aromatic carbocycles. The number of aromatic nitrogens is 1. The Labute approximate surface area is 162 Å². The van der Waals surface area contributed by atoms with E-state index < -0.39 is 41.4 Å².